The van der Waals surface area contributed by atoms with Crippen LogP contribution in [0.25, 0.3) is 0 Å². The first kappa shape index (κ1) is 12.4. The SMILES string of the molecule is CC(=O)O[C@@H](C=O)C(CN)c1ccccc1. The van der Waals surface area contributed by atoms with Gasteiger partial charge in [0, 0.05) is 19.4 Å². The lowest BCUT2D eigenvalue weighted by Gasteiger charge is -2.21. The van der Waals surface area contributed by atoms with E-state index in [1.807, 2.05) is 30.3 Å². The van der Waals surface area contributed by atoms with E-state index in [9.17, 15) is 9.59 Å². The maximum absolute atomic E-state index is 10.9. The van der Waals surface area contributed by atoms with Crippen LogP contribution in [0, 0.1) is 0 Å². The molecule has 4 nitrogen and oxygen atoms in total. The molecule has 0 heterocycles. The molecule has 1 aromatic carbocycles. The summed E-state index contributed by atoms with van der Waals surface area (Å²) < 4.78 is 4.92. The van der Waals surface area contributed by atoms with Crippen molar-refractivity contribution in [1.29, 1.82) is 0 Å². The van der Waals surface area contributed by atoms with Gasteiger partial charge in [0.15, 0.2) is 12.4 Å². The Morgan fingerprint density at radius 3 is 2.50 bits per heavy atom. The number of nitrogens with two attached hydrogens (primary N) is 1. The highest BCUT2D eigenvalue weighted by Crippen LogP contribution is 2.19. The quantitative estimate of drug-likeness (QED) is 0.591. The van der Waals surface area contributed by atoms with Crippen molar-refractivity contribution in [3.63, 3.8) is 0 Å². The second kappa shape index (κ2) is 6.02. The third-order valence-electron chi connectivity index (χ3n) is 2.31. The van der Waals surface area contributed by atoms with E-state index in [2.05, 4.69) is 0 Å². The van der Waals surface area contributed by atoms with E-state index in [0.29, 0.717) is 6.29 Å². The van der Waals surface area contributed by atoms with Crippen molar-refractivity contribution in [3.8, 4) is 0 Å². The number of ether oxygens (including phenoxy) is 1. The zero-order valence-corrected chi connectivity index (χ0v) is 9.13. The highest BCUT2D eigenvalue weighted by molar-refractivity contribution is 5.70. The summed E-state index contributed by atoms with van der Waals surface area (Å²) in [6, 6.07) is 9.30. The van der Waals surface area contributed by atoms with E-state index in [1.54, 1.807) is 0 Å². The fourth-order valence-corrected chi connectivity index (χ4v) is 1.56. The van der Waals surface area contributed by atoms with Crippen molar-refractivity contribution in [2.45, 2.75) is 18.9 Å². The molecule has 86 valence electrons. The van der Waals surface area contributed by atoms with Crippen LogP contribution in [0.1, 0.15) is 18.4 Å². The van der Waals surface area contributed by atoms with Crippen LogP contribution >= 0.6 is 0 Å². The largest absolute Gasteiger partial charge is 0.454 e. The topological polar surface area (TPSA) is 69.4 Å². The van der Waals surface area contributed by atoms with Crippen molar-refractivity contribution >= 4 is 12.3 Å². The summed E-state index contributed by atoms with van der Waals surface area (Å²) in [4.78, 5) is 21.7. The van der Waals surface area contributed by atoms with Gasteiger partial charge in [-0.1, -0.05) is 30.3 Å². The number of rotatable bonds is 5. The normalized spacial score (nSPS) is 13.9. The number of carbonyl (C=O) groups excluding carboxylic acids is 2. The van der Waals surface area contributed by atoms with Crippen molar-refractivity contribution < 1.29 is 14.3 Å². The summed E-state index contributed by atoms with van der Waals surface area (Å²) in [6.07, 6.45) is -0.198. The first-order valence-electron chi connectivity index (χ1n) is 5.06. The smallest absolute Gasteiger partial charge is 0.303 e. The summed E-state index contributed by atoms with van der Waals surface area (Å²) >= 11 is 0. The first-order valence-corrected chi connectivity index (χ1v) is 5.06. The fourth-order valence-electron chi connectivity index (χ4n) is 1.56. The molecule has 0 saturated carbocycles. The van der Waals surface area contributed by atoms with Gasteiger partial charge in [0.1, 0.15) is 0 Å². The number of aldehydes is 1. The van der Waals surface area contributed by atoms with Crippen LogP contribution in [0.3, 0.4) is 0 Å². The standard InChI is InChI=1S/C12H15NO3/c1-9(15)16-12(8-14)11(7-13)10-5-3-2-4-6-10/h2-6,8,11-12H,7,13H2,1H3/t11?,12-/m0/s1. The Balaban J connectivity index is 2.87. The zero-order valence-electron chi connectivity index (χ0n) is 9.13. The molecule has 1 aromatic rings. The van der Waals surface area contributed by atoms with E-state index in [4.69, 9.17) is 10.5 Å². The molecule has 0 bridgehead atoms. The van der Waals surface area contributed by atoms with Crippen LogP contribution in [-0.4, -0.2) is 24.9 Å². The highest BCUT2D eigenvalue weighted by atomic mass is 16.5. The highest BCUT2D eigenvalue weighted by Gasteiger charge is 2.23. The lowest BCUT2D eigenvalue weighted by molar-refractivity contribution is -0.150. The number of esters is 1. The lowest BCUT2D eigenvalue weighted by Crippen LogP contribution is -2.31. The van der Waals surface area contributed by atoms with Gasteiger partial charge in [0.05, 0.1) is 0 Å². The van der Waals surface area contributed by atoms with Gasteiger partial charge in [-0.15, -0.1) is 0 Å². The predicted molar refractivity (Wildman–Crippen MR) is 59.9 cm³/mol. The Bertz CT molecular complexity index is 351. The molecular formula is C12H15NO3. The Hall–Kier alpha value is -1.68. The maximum Gasteiger partial charge on any atom is 0.303 e. The van der Waals surface area contributed by atoms with E-state index < -0.39 is 12.1 Å². The van der Waals surface area contributed by atoms with Crippen LogP contribution in [0.4, 0.5) is 0 Å². The van der Waals surface area contributed by atoms with E-state index in [1.165, 1.54) is 6.92 Å². The Kier molecular flexibility index (Phi) is 4.66. The zero-order chi connectivity index (χ0) is 12.0. The van der Waals surface area contributed by atoms with Crippen LogP contribution < -0.4 is 5.73 Å². The third kappa shape index (κ3) is 3.17. The van der Waals surface area contributed by atoms with Gasteiger partial charge >= 0.3 is 5.97 Å². The van der Waals surface area contributed by atoms with Gasteiger partial charge in [-0.25, -0.2) is 0 Å². The van der Waals surface area contributed by atoms with Gasteiger partial charge < -0.3 is 10.5 Å². The Morgan fingerprint density at radius 1 is 1.44 bits per heavy atom. The molecular weight excluding hydrogens is 206 g/mol. The summed E-state index contributed by atoms with van der Waals surface area (Å²) in [6.45, 7) is 1.52. The van der Waals surface area contributed by atoms with E-state index in [-0.39, 0.29) is 12.5 Å². The van der Waals surface area contributed by atoms with Gasteiger partial charge in [0.25, 0.3) is 0 Å². The predicted octanol–water partition coefficient (Wildman–Crippen LogP) is 0.859. The summed E-state index contributed by atoms with van der Waals surface area (Å²) in [5, 5.41) is 0. The number of carbonyl (C=O) groups is 2. The van der Waals surface area contributed by atoms with Gasteiger partial charge in [-0.3, -0.25) is 9.59 Å². The molecule has 0 fully saturated rings. The minimum absolute atomic E-state index is 0.251. The molecule has 0 aliphatic rings. The second-order valence-electron chi connectivity index (χ2n) is 3.46. The third-order valence-corrected chi connectivity index (χ3v) is 2.31. The second-order valence-corrected chi connectivity index (χ2v) is 3.46. The minimum atomic E-state index is -0.815. The van der Waals surface area contributed by atoms with Crippen molar-refractivity contribution in [1.82, 2.24) is 0 Å². The summed E-state index contributed by atoms with van der Waals surface area (Å²) in [5.74, 6) is -0.769. The Labute approximate surface area is 94.4 Å². The van der Waals surface area contributed by atoms with Crippen molar-refractivity contribution in [2.24, 2.45) is 5.73 Å². The molecule has 0 saturated heterocycles. The number of hydrogen-bond acceptors (Lipinski definition) is 4. The average Bonchev–Trinajstić information content (AvgIpc) is 2.29. The van der Waals surface area contributed by atoms with Gasteiger partial charge in [-0.05, 0) is 5.56 Å². The van der Waals surface area contributed by atoms with Crippen LogP contribution in [-0.2, 0) is 14.3 Å². The summed E-state index contributed by atoms with van der Waals surface area (Å²) in [7, 11) is 0. The van der Waals surface area contributed by atoms with Gasteiger partial charge in [0.2, 0.25) is 0 Å². The fraction of sp³-hybridized carbons (Fsp3) is 0.333. The molecule has 0 aromatic heterocycles. The molecule has 16 heavy (non-hydrogen) atoms. The summed E-state index contributed by atoms with van der Waals surface area (Å²) in [5.41, 5.74) is 6.50. The van der Waals surface area contributed by atoms with Crippen molar-refractivity contribution in [2.75, 3.05) is 6.54 Å². The molecule has 2 atom stereocenters. The van der Waals surface area contributed by atoms with Crippen molar-refractivity contribution in [3.05, 3.63) is 35.9 Å². The van der Waals surface area contributed by atoms with Crippen LogP contribution in [0.5, 0.6) is 0 Å². The van der Waals surface area contributed by atoms with Crippen LogP contribution in [0.2, 0.25) is 0 Å². The molecule has 0 aliphatic heterocycles. The first-order chi connectivity index (χ1) is 7.69. The molecule has 4 heteroatoms. The molecule has 1 rings (SSSR count). The monoisotopic (exact) mass is 221 g/mol. The molecule has 0 amide bonds. The maximum atomic E-state index is 10.9. The van der Waals surface area contributed by atoms with Crippen LogP contribution in [0.15, 0.2) is 30.3 Å². The van der Waals surface area contributed by atoms with E-state index in [0.717, 1.165) is 5.56 Å². The van der Waals surface area contributed by atoms with E-state index >= 15 is 0 Å². The minimum Gasteiger partial charge on any atom is -0.454 e. The molecule has 2 N–H and O–H groups in total. The molecule has 0 aliphatic carbocycles. The molecule has 0 radical (unpaired) electrons. The lowest BCUT2D eigenvalue weighted by atomic mass is 9.94. The van der Waals surface area contributed by atoms with Gasteiger partial charge in [-0.2, -0.15) is 0 Å². The Morgan fingerprint density at radius 2 is 2.06 bits per heavy atom. The molecule has 1 unspecified atom stereocenters. The number of hydrogen-bond donors (Lipinski definition) is 1. The molecule has 0 spiro atoms. The average molecular weight is 221 g/mol. The number of benzene rings is 1.